The van der Waals surface area contributed by atoms with Crippen molar-refractivity contribution in [3.63, 3.8) is 0 Å². The molecule has 0 N–H and O–H groups in total. The molecule has 1 unspecified atom stereocenters. The summed E-state index contributed by atoms with van der Waals surface area (Å²) in [5.41, 5.74) is 0. The van der Waals surface area contributed by atoms with Crippen LogP contribution in [-0.4, -0.2) is 44.2 Å². The Balaban J connectivity index is 0. The fourth-order valence-electron chi connectivity index (χ4n) is 0. The van der Waals surface area contributed by atoms with Crippen LogP contribution in [0.3, 0.4) is 0 Å². The van der Waals surface area contributed by atoms with E-state index in [0.29, 0.717) is 0 Å². The van der Waals surface area contributed by atoms with E-state index in [1.165, 1.54) is 0 Å². The quantitative estimate of drug-likeness (QED) is 0.392. The zero-order valence-corrected chi connectivity index (χ0v) is 10.2. The van der Waals surface area contributed by atoms with Crippen molar-refractivity contribution < 1.29 is 18.6 Å². The van der Waals surface area contributed by atoms with Gasteiger partial charge in [-0.1, -0.05) is 0 Å². The van der Waals surface area contributed by atoms with Gasteiger partial charge in [-0.3, -0.25) is 0 Å². The van der Waals surface area contributed by atoms with E-state index in [1.54, 1.807) is 0 Å². The smallest absolute Gasteiger partial charge is 0 e. The van der Waals surface area contributed by atoms with Crippen LogP contribution >= 0.6 is 9.90 Å². The normalized spacial score (nSPS) is 0. The van der Waals surface area contributed by atoms with Crippen LogP contribution < -0.4 is 0 Å². The Morgan fingerprint density at radius 3 is 1.00 bits per heavy atom. The van der Waals surface area contributed by atoms with Crippen molar-refractivity contribution in [3.8, 4) is 0 Å². The molecule has 0 spiro atoms. The van der Waals surface area contributed by atoms with E-state index in [2.05, 4.69) is 0 Å². The maximum Gasteiger partial charge on any atom is 0 e. The first kappa shape index (κ1) is 31.9. The summed E-state index contributed by atoms with van der Waals surface area (Å²) in [5, 5.41) is 0. The molecule has 0 aromatic heterocycles. The van der Waals surface area contributed by atoms with Crippen molar-refractivity contribution in [2.24, 2.45) is 0 Å². The molecule has 4 heteroatoms. The van der Waals surface area contributed by atoms with Crippen LogP contribution in [0, 0.1) is 0 Å². The third-order valence-corrected chi connectivity index (χ3v) is 0. The summed E-state index contributed by atoms with van der Waals surface area (Å²) in [6, 6.07) is 0. The first-order valence-electron chi connectivity index (χ1n) is 0. The van der Waals surface area contributed by atoms with Crippen LogP contribution in [0.1, 0.15) is 0 Å². The zero-order valence-electron chi connectivity index (χ0n) is 2.05. The van der Waals surface area contributed by atoms with E-state index in [9.17, 15) is 0 Å². The maximum absolute atomic E-state index is 0. The van der Waals surface area contributed by atoms with Gasteiger partial charge in [0.15, 0.2) is 0 Å². The molecule has 0 saturated carbocycles. The molecule has 0 saturated heterocycles. The predicted molar refractivity (Wildman–Crippen MR) is 22.6 cm³/mol. The molecule has 7 radical (unpaired) electrons. The maximum atomic E-state index is 0. The molecule has 0 aromatic carbocycles. The molecule has 0 nitrogen and oxygen atoms in total. The molecule has 0 fully saturated rings. The van der Waals surface area contributed by atoms with Gasteiger partial charge >= 0.3 is 0 Å². The molecule has 0 rings (SSSR count). The molecule has 1 atom stereocenters. The van der Waals surface area contributed by atoms with E-state index < -0.39 is 0 Å². The van der Waals surface area contributed by atoms with Crippen molar-refractivity contribution in [1.29, 1.82) is 0 Å². The predicted octanol–water partition coefficient (Wildman–Crippen LogP) is -0.706. The molecule has 0 bridgehead atoms. The largest absolute Gasteiger partial charge is 0.153 e. The van der Waals surface area contributed by atoms with Gasteiger partial charge in [0.25, 0.3) is 0 Å². The first-order valence-corrected chi connectivity index (χ1v) is 0. The molecule has 23 valence electrons. The van der Waals surface area contributed by atoms with Gasteiger partial charge in [0, 0.05) is 62.7 Å². The Morgan fingerprint density at radius 2 is 1.00 bits per heavy atom. The third kappa shape index (κ3) is 8.82. The van der Waals surface area contributed by atoms with Crippen LogP contribution in [0.25, 0.3) is 0 Å². The summed E-state index contributed by atoms with van der Waals surface area (Å²) in [6.45, 7) is 0. The van der Waals surface area contributed by atoms with Gasteiger partial charge in [-0.25, -0.2) is 0 Å². The second kappa shape index (κ2) is 18.0. The standard InChI is InChI=1S/As.Bi.H3P.V/h;;1H3;. The summed E-state index contributed by atoms with van der Waals surface area (Å²) >= 11 is 0. The van der Waals surface area contributed by atoms with Crippen LogP contribution in [0.2, 0.25) is 0 Å². The minimum absolute atomic E-state index is 0. The number of rotatable bonds is 0. The van der Waals surface area contributed by atoms with Gasteiger partial charge in [0.05, 0.1) is 0 Å². The topological polar surface area (TPSA) is 0 Å². The van der Waals surface area contributed by atoms with E-state index >= 15 is 0 Å². The molecule has 0 amide bonds. The summed E-state index contributed by atoms with van der Waals surface area (Å²) in [5.74, 6) is 0. The molecule has 4 heavy (non-hydrogen) atoms. The number of hydrogen-bond acceptors (Lipinski definition) is 0. The first-order chi connectivity index (χ1) is 0. The van der Waals surface area contributed by atoms with Crippen molar-refractivity contribution in [2.75, 3.05) is 0 Å². The van der Waals surface area contributed by atoms with Crippen molar-refractivity contribution >= 4 is 54.1 Å². The monoisotopic (exact) mass is 369 g/mol. The Kier molecular flexibility index (Phi) is 143. The minimum Gasteiger partial charge on any atom is -0.153 e. The summed E-state index contributed by atoms with van der Waals surface area (Å²) in [4.78, 5) is 0. The second-order valence-electron chi connectivity index (χ2n) is 0. The van der Waals surface area contributed by atoms with E-state index in [4.69, 9.17) is 0 Å². The van der Waals surface area contributed by atoms with Crippen LogP contribution in [0.5, 0.6) is 0 Å². The van der Waals surface area contributed by atoms with Crippen LogP contribution in [0.4, 0.5) is 0 Å². The van der Waals surface area contributed by atoms with Gasteiger partial charge < -0.3 is 0 Å². The number of hydrogen-bond donors (Lipinski definition) is 0. The Bertz CT molecular complexity index is 8.00. The van der Waals surface area contributed by atoms with E-state index in [0.717, 1.165) is 0 Å². The van der Waals surface area contributed by atoms with Crippen molar-refractivity contribution in [2.45, 2.75) is 0 Å². The minimum atomic E-state index is 0. The van der Waals surface area contributed by atoms with Crippen molar-refractivity contribution in [1.82, 2.24) is 0 Å². The molecule has 0 aliphatic carbocycles. The van der Waals surface area contributed by atoms with Crippen LogP contribution in [0.15, 0.2) is 0 Å². The Morgan fingerprint density at radius 1 is 1.00 bits per heavy atom. The SMILES string of the molecule is P.[As].[Bi].[V]. The zero-order chi connectivity index (χ0) is 0. The van der Waals surface area contributed by atoms with Gasteiger partial charge in [0.2, 0.25) is 0 Å². The van der Waals surface area contributed by atoms with Gasteiger partial charge in [-0.2, -0.15) is 9.90 Å². The molecule has 0 aliphatic rings. The van der Waals surface area contributed by atoms with Gasteiger partial charge in [0.1, 0.15) is 0 Å². The summed E-state index contributed by atoms with van der Waals surface area (Å²) in [6.07, 6.45) is 0. The summed E-state index contributed by atoms with van der Waals surface area (Å²) < 4.78 is 0. The average molecular weight is 369 g/mol. The van der Waals surface area contributed by atoms with Crippen molar-refractivity contribution in [3.05, 3.63) is 0 Å². The van der Waals surface area contributed by atoms with Gasteiger partial charge in [-0.05, 0) is 0 Å². The molecule has 0 heterocycles. The van der Waals surface area contributed by atoms with Gasteiger partial charge in [-0.15, -0.1) is 0 Å². The molecular formula is H3AsBiPV. The fourth-order valence-corrected chi connectivity index (χ4v) is 0. The van der Waals surface area contributed by atoms with E-state index in [1.807, 2.05) is 0 Å². The third-order valence-electron chi connectivity index (χ3n) is 0. The van der Waals surface area contributed by atoms with Crippen LogP contribution in [-0.2, 0) is 18.6 Å². The summed E-state index contributed by atoms with van der Waals surface area (Å²) in [7, 11) is 0. The molecular weight excluding hydrogens is 366 g/mol. The van der Waals surface area contributed by atoms with E-state index in [-0.39, 0.29) is 72.6 Å². The second-order valence-corrected chi connectivity index (χ2v) is 0. The fraction of sp³-hybridized carbons (Fsp3) is 0. The molecule has 0 aromatic rings. The Labute approximate surface area is 71.8 Å². The Hall–Kier alpha value is 2.46. The average Bonchev–Trinajstić information content (AvgIpc) is 0. The molecule has 0 aliphatic heterocycles.